The van der Waals surface area contributed by atoms with E-state index in [1.807, 2.05) is 29.7 Å². The SMILES string of the molecule is CCn1c(CCC(N)=O)nnc1SCc1ccccc1. The third kappa shape index (κ3) is 3.84. The number of nitrogens with zero attached hydrogens (tertiary/aromatic N) is 3. The predicted octanol–water partition coefficient (Wildman–Crippen LogP) is 2.01. The Morgan fingerprint density at radius 1 is 1.30 bits per heavy atom. The normalized spacial score (nSPS) is 10.7. The number of primary amides is 1. The number of aryl methyl sites for hydroxylation is 1. The molecule has 1 amide bonds. The number of thioether (sulfide) groups is 1. The topological polar surface area (TPSA) is 73.8 Å². The van der Waals surface area contributed by atoms with E-state index in [1.54, 1.807) is 11.8 Å². The Bertz CT molecular complexity index is 568. The number of benzene rings is 1. The van der Waals surface area contributed by atoms with Crippen LogP contribution in [0.15, 0.2) is 35.5 Å². The highest BCUT2D eigenvalue weighted by Crippen LogP contribution is 2.22. The van der Waals surface area contributed by atoms with E-state index in [4.69, 9.17) is 5.73 Å². The molecule has 1 heterocycles. The first-order valence-electron chi connectivity index (χ1n) is 6.57. The van der Waals surface area contributed by atoms with Crippen molar-refractivity contribution < 1.29 is 4.79 Å². The second-order valence-electron chi connectivity index (χ2n) is 4.38. The van der Waals surface area contributed by atoms with E-state index < -0.39 is 0 Å². The fourth-order valence-corrected chi connectivity index (χ4v) is 2.86. The Hall–Kier alpha value is -1.82. The highest BCUT2D eigenvalue weighted by molar-refractivity contribution is 7.98. The molecule has 0 spiro atoms. The molecule has 106 valence electrons. The van der Waals surface area contributed by atoms with Crippen molar-refractivity contribution in [2.75, 3.05) is 0 Å². The van der Waals surface area contributed by atoms with Gasteiger partial charge < -0.3 is 10.3 Å². The molecular weight excluding hydrogens is 272 g/mol. The molecule has 0 aliphatic rings. The number of aromatic nitrogens is 3. The highest BCUT2D eigenvalue weighted by atomic mass is 32.2. The Morgan fingerprint density at radius 2 is 2.05 bits per heavy atom. The number of hydrogen-bond donors (Lipinski definition) is 1. The molecule has 0 bridgehead atoms. The molecule has 5 nitrogen and oxygen atoms in total. The molecule has 20 heavy (non-hydrogen) atoms. The molecule has 0 radical (unpaired) electrons. The van der Waals surface area contributed by atoms with E-state index in [1.165, 1.54) is 5.56 Å². The maximum atomic E-state index is 10.8. The second kappa shape index (κ2) is 7.09. The average Bonchev–Trinajstić information content (AvgIpc) is 2.86. The van der Waals surface area contributed by atoms with Crippen molar-refractivity contribution in [3.05, 3.63) is 41.7 Å². The molecule has 0 aliphatic carbocycles. The molecule has 1 aromatic heterocycles. The lowest BCUT2D eigenvalue weighted by Gasteiger charge is -2.06. The maximum absolute atomic E-state index is 10.8. The molecule has 6 heteroatoms. The van der Waals surface area contributed by atoms with Crippen molar-refractivity contribution >= 4 is 17.7 Å². The molecule has 2 aromatic rings. The lowest BCUT2D eigenvalue weighted by atomic mass is 10.2. The third-order valence-electron chi connectivity index (χ3n) is 2.92. The summed E-state index contributed by atoms with van der Waals surface area (Å²) in [5.74, 6) is 1.37. The van der Waals surface area contributed by atoms with Gasteiger partial charge in [-0.2, -0.15) is 0 Å². The Labute approximate surface area is 122 Å². The number of hydrogen-bond acceptors (Lipinski definition) is 4. The zero-order valence-corrected chi connectivity index (χ0v) is 12.3. The molecule has 0 unspecified atom stereocenters. The number of amides is 1. The van der Waals surface area contributed by atoms with Crippen LogP contribution in [-0.2, 0) is 23.5 Å². The van der Waals surface area contributed by atoms with Crippen LogP contribution in [0.25, 0.3) is 0 Å². The predicted molar refractivity (Wildman–Crippen MR) is 79.2 cm³/mol. The molecule has 2 N–H and O–H groups in total. The second-order valence-corrected chi connectivity index (χ2v) is 5.33. The van der Waals surface area contributed by atoms with Gasteiger partial charge in [-0.25, -0.2) is 0 Å². The van der Waals surface area contributed by atoms with Crippen molar-refractivity contribution in [1.82, 2.24) is 14.8 Å². The van der Waals surface area contributed by atoms with Crippen LogP contribution in [-0.4, -0.2) is 20.7 Å². The smallest absolute Gasteiger partial charge is 0.217 e. The first kappa shape index (κ1) is 14.6. The van der Waals surface area contributed by atoms with E-state index in [-0.39, 0.29) is 5.91 Å². The molecule has 0 fully saturated rings. The Morgan fingerprint density at radius 3 is 2.70 bits per heavy atom. The van der Waals surface area contributed by atoms with E-state index in [0.29, 0.717) is 12.8 Å². The van der Waals surface area contributed by atoms with Crippen LogP contribution >= 0.6 is 11.8 Å². The molecule has 0 saturated heterocycles. The van der Waals surface area contributed by atoms with Gasteiger partial charge in [-0.05, 0) is 12.5 Å². The van der Waals surface area contributed by atoms with Crippen LogP contribution in [0.5, 0.6) is 0 Å². The van der Waals surface area contributed by atoms with Crippen LogP contribution in [0.3, 0.4) is 0 Å². The van der Waals surface area contributed by atoms with Gasteiger partial charge in [0.25, 0.3) is 0 Å². The number of rotatable bonds is 7. The minimum atomic E-state index is -0.311. The van der Waals surface area contributed by atoms with Crippen LogP contribution in [0, 0.1) is 0 Å². The Balaban J connectivity index is 2.02. The summed E-state index contributed by atoms with van der Waals surface area (Å²) >= 11 is 1.65. The van der Waals surface area contributed by atoms with Gasteiger partial charge in [0.05, 0.1) is 0 Å². The number of nitrogens with two attached hydrogens (primary N) is 1. The summed E-state index contributed by atoms with van der Waals surface area (Å²) < 4.78 is 2.04. The first-order chi connectivity index (χ1) is 9.70. The zero-order valence-electron chi connectivity index (χ0n) is 11.5. The molecule has 0 saturated carbocycles. The van der Waals surface area contributed by atoms with Gasteiger partial charge in [-0.15, -0.1) is 10.2 Å². The first-order valence-corrected chi connectivity index (χ1v) is 7.56. The summed E-state index contributed by atoms with van der Waals surface area (Å²) in [6.07, 6.45) is 0.851. The van der Waals surface area contributed by atoms with Crippen molar-refractivity contribution in [2.45, 2.75) is 37.2 Å². The fraction of sp³-hybridized carbons (Fsp3) is 0.357. The van der Waals surface area contributed by atoms with E-state index in [0.717, 1.165) is 23.3 Å². The fourth-order valence-electron chi connectivity index (χ4n) is 1.89. The molecular formula is C14H18N4OS. The Kier molecular flexibility index (Phi) is 5.17. The lowest BCUT2D eigenvalue weighted by molar-refractivity contribution is -0.118. The lowest BCUT2D eigenvalue weighted by Crippen LogP contribution is -2.13. The van der Waals surface area contributed by atoms with Crippen LogP contribution in [0.2, 0.25) is 0 Å². The largest absolute Gasteiger partial charge is 0.370 e. The van der Waals surface area contributed by atoms with E-state index in [2.05, 4.69) is 22.3 Å². The molecule has 1 aromatic carbocycles. The maximum Gasteiger partial charge on any atom is 0.217 e. The standard InChI is InChI=1S/C14H18N4OS/c1-2-18-13(9-8-12(15)19)16-17-14(18)20-10-11-6-4-3-5-7-11/h3-7H,2,8-10H2,1H3,(H2,15,19). The van der Waals surface area contributed by atoms with Gasteiger partial charge >= 0.3 is 0 Å². The number of carbonyl (C=O) groups excluding carboxylic acids is 1. The summed E-state index contributed by atoms with van der Waals surface area (Å²) in [5, 5.41) is 9.24. The summed E-state index contributed by atoms with van der Waals surface area (Å²) in [4.78, 5) is 10.8. The quantitative estimate of drug-likeness (QED) is 0.792. The van der Waals surface area contributed by atoms with Gasteiger partial charge in [-0.3, -0.25) is 4.79 Å². The van der Waals surface area contributed by atoms with Crippen LogP contribution in [0.4, 0.5) is 0 Å². The highest BCUT2D eigenvalue weighted by Gasteiger charge is 2.12. The van der Waals surface area contributed by atoms with Crippen molar-refractivity contribution in [1.29, 1.82) is 0 Å². The summed E-state index contributed by atoms with van der Waals surface area (Å²) in [6.45, 7) is 2.84. The molecule has 2 rings (SSSR count). The van der Waals surface area contributed by atoms with Crippen molar-refractivity contribution in [3.8, 4) is 0 Å². The minimum Gasteiger partial charge on any atom is -0.370 e. The monoisotopic (exact) mass is 290 g/mol. The zero-order chi connectivity index (χ0) is 14.4. The minimum absolute atomic E-state index is 0.307. The van der Waals surface area contributed by atoms with E-state index >= 15 is 0 Å². The van der Waals surface area contributed by atoms with E-state index in [9.17, 15) is 4.79 Å². The van der Waals surface area contributed by atoms with Crippen LogP contribution < -0.4 is 5.73 Å². The average molecular weight is 290 g/mol. The molecule has 0 aliphatic heterocycles. The third-order valence-corrected chi connectivity index (χ3v) is 3.95. The molecule has 0 atom stereocenters. The summed E-state index contributed by atoms with van der Waals surface area (Å²) in [5.41, 5.74) is 6.42. The van der Waals surface area contributed by atoms with Gasteiger partial charge in [-0.1, -0.05) is 42.1 Å². The van der Waals surface area contributed by atoms with Gasteiger partial charge in [0.15, 0.2) is 5.16 Å². The number of carbonyl (C=O) groups is 1. The van der Waals surface area contributed by atoms with Crippen molar-refractivity contribution in [3.63, 3.8) is 0 Å². The van der Waals surface area contributed by atoms with Gasteiger partial charge in [0.1, 0.15) is 5.82 Å². The summed E-state index contributed by atoms with van der Waals surface area (Å²) in [7, 11) is 0. The van der Waals surface area contributed by atoms with Gasteiger partial charge in [0, 0.05) is 25.1 Å². The van der Waals surface area contributed by atoms with Crippen LogP contribution in [0.1, 0.15) is 24.7 Å². The van der Waals surface area contributed by atoms with Gasteiger partial charge in [0.2, 0.25) is 5.91 Å². The van der Waals surface area contributed by atoms with Crippen molar-refractivity contribution in [2.24, 2.45) is 5.73 Å². The summed E-state index contributed by atoms with van der Waals surface area (Å²) in [6, 6.07) is 10.2.